The average molecular weight is 654 g/mol. The number of carbonyl (C=O) groups is 3. The zero-order valence-corrected chi connectivity index (χ0v) is 24.7. The maximum absolute atomic E-state index is 13.7. The Kier molecular flexibility index (Phi) is 10.1. The molecule has 4 rings (SSSR count). The second-order valence-corrected chi connectivity index (χ2v) is 12.0. The maximum atomic E-state index is 13.7. The monoisotopic (exact) mass is 653 g/mol. The van der Waals surface area contributed by atoms with E-state index in [4.69, 9.17) is 40.8 Å². The van der Waals surface area contributed by atoms with E-state index in [1.54, 1.807) is 45.2 Å². The van der Waals surface area contributed by atoms with Crippen LogP contribution in [-0.4, -0.2) is 118 Å². The number of anilines is 1. The van der Waals surface area contributed by atoms with Crippen LogP contribution in [-0.2, 0) is 41.6 Å². The zero-order valence-electron chi connectivity index (χ0n) is 23.0. The van der Waals surface area contributed by atoms with E-state index in [0.717, 1.165) is 0 Å². The Labute approximate surface area is 245 Å². The van der Waals surface area contributed by atoms with Crippen LogP contribution in [0.1, 0.15) is 17.5 Å². The summed E-state index contributed by atoms with van der Waals surface area (Å²) >= 11 is 0. The molecule has 240 valence electrons. The number of likely N-dealkylation sites (N-methyl/N-ethyl adjacent to an activating group) is 1. The number of nitrogens with two attached hydrogens (primary N) is 1. The third-order valence-corrected chi connectivity index (χ3v) is 7.05. The predicted molar refractivity (Wildman–Crippen MR) is 147 cm³/mol. The van der Waals surface area contributed by atoms with Crippen LogP contribution in [0.5, 0.6) is 5.75 Å². The number of rotatable bonds is 3. The van der Waals surface area contributed by atoms with Crippen molar-refractivity contribution in [2.75, 3.05) is 33.1 Å². The first kappa shape index (κ1) is 35.6. The summed E-state index contributed by atoms with van der Waals surface area (Å²) < 4.78 is 63.2. The molecule has 0 radical (unpaired) electrons. The van der Waals surface area contributed by atoms with Crippen molar-refractivity contribution in [3.8, 4) is 5.75 Å². The highest BCUT2D eigenvalue weighted by molar-refractivity contribution is 7.80. The van der Waals surface area contributed by atoms with Crippen molar-refractivity contribution < 1.29 is 69.9 Å². The third kappa shape index (κ3) is 7.30. The van der Waals surface area contributed by atoms with E-state index in [1.165, 1.54) is 4.90 Å². The fraction of sp³-hybridized carbons (Fsp3) is 0.435. The summed E-state index contributed by atoms with van der Waals surface area (Å²) in [6, 6.07) is 2.36. The molecule has 43 heavy (non-hydrogen) atoms. The molecular formula is C23H31N3O15S2. The molecule has 0 saturated heterocycles. The number of nitrogens with zero attached hydrogens (tertiary/aromatic N) is 2. The Morgan fingerprint density at radius 3 is 1.86 bits per heavy atom. The van der Waals surface area contributed by atoms with E-state index in [1.807, 2.05) is 0 Å². The van der Waals surface area contributed by atoms with Crippen molar-refractivity contribution in [1.29, 1.82) is 0 Å². The van der Waals surface area contributed by atoms with Gasteiger partial charge < -0.3 is 31.1 Å². The van der Waals surface area contributed by atoms with Crippen LogP contribution >= 0.6 is 0 Å². The number of amides is 1. The molecule has 1 saturated carbocycles. The molecule has 1 aromatic rings. The number of Topliss-reactive ketones (excluding diaryl/α,β-unsaturated/α-hetero) is 2. The molecule has 1 fully saturated rings. The molecule has 0 heterocycles. The van der Waals surface area contributed by atoms with Gasteiger partial charge >= 0.3 is 20.8 Å². The lowest BCUT2D eigenvalue weighted by molar-refractivity contribution is -0.153. The number of aliphatic hydroxyl groups is 3. The predicted octanol–water partition coefficient (Wildman–Crippen LogP) is -1.28. The van der Waals surface area contributed by atoms with Crippen molar-refractivity contribution >= 4 is 49.7 Å². The number of hydrogen-bond acceptors (Lipinski definition) is 13. The van der Waals surface area contributed by atoms with E-state index in [-0.39, 0.29) is 29.7 Å². The fourth-order valence-electron chi connectivity index (χ4n) is 5.57. The number of phenols is 1. The largest absolute Gasteiger partial charge is 0.508 e. The summed E-state index contributed by atoms with van der Waals surface area (Å²) in [6.07, 6.45) is 0.345. The highest BCUT2D eigenvalue weighted by Gasteiger charge is 2.64. The first-order valence-corrected chi connectivity index (χ1v) is 14.7. The van der Waals surface area contributed by atoms with Crippen molar-refractivity contribution in [2.45, 2.75) is 24.5 Å². The average Bonchev–Trinajstić information content (AvgIpc) is 2.78. The maximum Gasteiger partial charge on any atom is 0.394 e. The SMILES string of the molecule is CN(C)c1ccc2c(c1O)C(O)=C1C(=O)[C@]3(O)C(O)=C(C(N)=O)C(=O)[C@@H](N(C)C)[C@@H]3C[C@@H]1C2.O=S(=O)(O)O.O=S(=O)(O)O. The van der Waals surface area contributed by atoms with Crippen molar-refractivity contribution in [3.63, 3.8) is 0 Å². The quantitative estimate of drug-likeness (QED) is 0.135. The Morgan fingerprint density at radius 2 is 1.44 bits per heavy atom. The number of ketones is 2. The van der Waals surface area contributed by atoms with Gasteiger partial charge in [-0.25, -0.2) is 0 Å². The molecule has 10 N–H and O–H groups in total. The van der Waals surface area contributed by atoms with Crippen molar-refractivity contribution in [1.82, 2.24) is 4.90 Å². The summed E-state index contributed by atoms with van der Waals surface area (Å²) in [5.41, 5.74) is 2.82. The van der Waals surface area contributed by atoms with Gasteiger partial charge in [0.05, 0.1) is 17.3 Å². The van der Waals surface area contributed by atoms with Crippen molar-refractivity contribution in [2.24, 2.45) is 17.6 Å². The van der Waals surface area contributed by atoms with Gasteiger partial charge in [0.2, 0.25) is 5.78 Å². The molecule has 0 unspecified atom stereocenters. The molecule has 1 aromatic carbocycles. The third-order valence-electron chi connectivity index (χ3n) is 7.05. The minimum absolute atomic E-state index is 0.0714. The van der Waals surface area contributed by atoms with Gasteiger partial charge in [-0.3, -0.25) is 37.5 Å². The number of hydrogen-bond donors (Lipinski definition) is 9. The van der Waals surface area contributed by atoms with Gasteiger partial charge in [-0.2, -0.15) is 16.8 Å². The molecule has 4 atom stereocenters. The Morgan fingerprint density at radius 1 is 0.953 bits per heavy atom. The van der Waals surface area contributed by atoms with E-state index in [0.29, 0.717) is 11.3 Å². The van der Waals surface area contributed by atoms with Gasteiger partial charge in [0.1, 0.15) is 22.8 Å². The molecule has 0 bridgehead atoms. The van der Waals surface area contributed by atoms with Crippen LogP contribution in [0, 0.1) is 11.8 Å². The van der Waals surface area contributed by atoms with E-state index >= 15 is 0 Å². The van der Waals surface area contributed by atoms with Crippen LogP contribution in [0.15, 0.2) is 29.0 Å². The Balaban J connectivity index is 0.000000559. The van der Waals surface area contributed by atoms with Crippen LogP contribution in [0.2, 0.25) is 0 Å². The number of aliphatic hydroxyl groups excluding tert-OH is 2. The highest BCUT2D eigenvalue weighted by Crippen LogP contribution is 2.53. The number of benzene rings is 1. The van der Waals surface area contributed by atoms with Gasteiger partial charge in [0.25, 0.3) is 5.91 Å². The lowest BCUT2D eigenvalue weighted by Gasteiger charge is -2.50. The van der Waals surface area contributed by atoms with Gasteiger partial charge in [-0.1, -0.05) is 6.07 Å². The van der Waals surface area contributed by atoms with E-state index < -0.39 is 78.8 Å². The summed E-state index contributed by atoms with van der Waals surface area (Å²) in [7, 11) is -2.78. The molecule has 20 heteroatoms. The van der Waals surface area contributed by atoms with Gasteiger partial charge in [-0.15, -0.1) is 0 Å². The molecule has 3 aliphatic carbocycles. The minimum Gasteiger partial charge on any atom is -0.508 e. The molecule has 0 aromatic heterocycles. The summed E-state index contributed by atoms with van der Waals surface area (Å²) in [4.78, 5) is 41.8. The molecule has 0 spiro atoms. The Hall–Kier alpha value is -3.63. The normalized spacial score (nSPS) is 25.0. The minimum atomic E-state index is -4.67. The van der Waals surface area contributed by atoms with Crippen LogP contribution in [0.3, 0.4) is 0 Å². The van der Waals surface area contributed by atoms with Gasteiger partial charge in [-0.05, 0) is 44.5 Å². The highest BCUT2D eigenvalue weighted by atomic mass is 32.3. The number of phenolic OH excluding ortho intramolecular Hbond substituents is 1. The molecule has 18 nitrogen and oxygen atoms in total. The topological polar surface area (TPSA) is 314 Å². The van der Waals surface area contributed by atoms with Gasteiger partial charge in [0.15, 0.2) is 11.4 Å². The molecule has 0 aliphatic heterocycles. The first-order chi connectivity index (χ1) is 19.3. The lowest BCUT2D eigenvalue weighted by Crippen LogP contribution is -2.65. The van der Waals surface area contributed by atoms with E-state index in [9.17, 15) is 34.8 Å². The number of primary amides is 1. The van der Waals surface area contributed by atoms with Crippen LogP contribution in [0.4, 0.5) is 5.69 Å². The first-order valence-electron chi connectivity index (χ1n) is 11.9. The van der Waals surface area contributed by atoms with Crippen LogP contribution in [0.25, 0.3) is 5.76 Å². The molecule has 1 amide bonds. The van der Waals surface area contributed by atoms with Crippen molar-refractivity contribution in [3.05, 3.63) is 40.2 Å². The number of aromatic hydroxyl groups is 1. The molecular weight excluding hydrogens is 622 g/mol. The van der Waals surface area contributed by atoms with Crippen LogP contribution < -0.4 is 10.6 Å². The summed E-state index contributed by atoms with van der Waals surface area (Å²) in [5, 5.41) is 44.2. The summed E-state index contributed by atoms with van der Waals surface area (Å²) in [5.74, 6) is -6.50. The number of carbonyl (C=O) groups excluding carboxylic acids is 3. The smallest absolute Gasteiger partial charge is 0.394 e. The zero-order chi connectivity index (χ0) is 33.6. The van der Waals surface area contributed by atoms with Gasteiger partial charge in [0, 0.05) is 25.6 Å². The second-order valence-electron chi connectivity index (χ2n) is 10.2. The second kappa shape index (κ2) is 12.2. The fourth-order valence-corrected chi connectivity index (χ4v) is 5.57. The molecule has 3 aliphatic rings. The standard InChI is InChI=1S/C23H27N3O7.2H2O4S/c1-25(2)12-6-5-9-7-10-8-11-16(26(3)4)19(29)15(22(24)32)21(31)23(11,33)20(30)14(10)18(28)13(9)17(12)27;2*1-5(2,3)4/h5-6,10-11,16,27-28,31,33H,7-8H2,1-4H3,(H2,24,32);2*(H2,1,2,3,4)/t10-,11-,16-,23-;;/m0../s1. The number of fused-ring (bicyclic) bond motifs is 3. The van der Waals surface area contributed by atoms with E-state index in [2.05, 4.69) is 0 Å². The summed E-state index contributed by atoms with van der Waals surface area (Å²) in [6.45, 7) is 0. The lowest BCUT2D eigenvalue weighted by atomic mass is 9.57. The Bertz CT molecular complexity index is 1580.